The van der Waals surface area contributed by atoms with Gasteiger partial charge in [-0.1, -0.05) is 47.8 Å². The number of nitrogens with zero attached hydrogens (tertiary/aromatic N) is 1. The van der Waals surface area contributed by atoms with Gasteiger partial charge in [-0.3, -0.25) is 0 Å². The molecule has 21 heavy (non-hydrogen) atoms. The molecule has 4 nitrogen and oxygen atoms in total. The number of alkyl halides is 2. The van der Waals surface area contributed by atoms with E-state index < -0.39 is 3.23 Å². The fourth-order valence-corrected chi connectivity index (χ4v) is 4.75. The quantitative estimate of drug-likeness (QED) is 0.381. The van der Waals surface area contributed by atoms with Crippen LogP contribution in [0.4, 0.5) is 4.79 Å². The highest BCUT2D eigenvalue weighted by molar-refractivity contribution is 9.25. The first-order valence-corrected chi connectivity index (χ1v) is 9.15. The monoisotopic (exact) mass is 497 g/mol. The second-order valence-corrected chi connectivity index (χ2v) is 10.3. The van der Waals surface area contributed by atoms with Crippen LogP contribution in [0, 0.1) is 0 Å². The summed E-state index contributed by atoms with van der Waals surface area (Å²) >= 11 is 12.1. The van der Waals surface area contributed by atoms with Gasteiger partial charge in [0.05, 0.1) is 13.7 Å². The van der Waals surface area contributed by atoms with Crippen LogP contribution in [-0.4, -0.2) is 33.9 Å². The van der Waals surface area contributed by atoms with Crippen LogP contribution in [0.2, 0.25) is 0 Å². The average molecular weight is 500 g/mol. The Kier molecular flexibility index (Phi) is 4.33. The maximum absolute atomic E-state index is 11.8. The molecule has 8 heteroatoms. The molecule has 0 aromatic heterocycles. The number of hydrogen-bond acceptors (Lipinski definition) is 4. The topological polar surface area (TPSA) is 38.8 Å². The van der Waals surface area contributed by atoms with E-state index in [9.17, 15) is 4.79 Å². The highest BCUT2D eigenvalue weighted by atomic mass is 79.9. The van der Waals surface area contributed by atoms with Crippen LogP contribution in [0.25, 0.3) is 5.57 Å². The van der Waals surface area contributed by atoms with Crippen LogP contribution in [0.5, 0.6) is 5.75 Å². The molecule has 1 aromatic rings. The number of halogens is 3. The van der Waals surface area contributed by atoms with Crippen molar-refractivity contribution in [3.63, 3.8) is 0 Å². The Morgan fingerprint density at radius 3 is 2.95 bits per heavy atom. The van der Waals surface area contributed by atoms with Gasteiger partial charge in [0, 0.05) is 14.9 Å². The Morgan fingerprint density at radius 1 is 1.48 bits per heavy atom. The zero-order chi connectivity index (χ0) is 15.2. The highest BCUT2D eigenvalue weighted by Crippen LogP contribution is 2.53. The van der Waals surface area contributed by atoms with E-state index in [0.29, 0.717) is 13.2 Å². The SMILES string of the molecule is COC(=O)N1CC2=C(S1)C(Br)(Br)COc1ccc(Br)cc12. The van der Waals surface area contributed by atoms with Gasteiger partial charge in [0.15, 0.2) is 0 Å². The molecule has 2 heterocycles. The summed E-state index contributed by atoms with van der Waals surface area (Å²) in [7, 11) is 1.38. The van der Waals surface area contributed by atoms with Crippen molar-refractivity contribution in [1.82, 2.24) is 4.31 Å². The number of fused-ring (bicyclic) bond motifs is 2. The molecule has 0 radical (unpaired) electrons. The summed E-state index contributed by atoms with van der Waals surface area (Å²) in [6.07, 6.45) is -0.360. The lowest BCUT2D eigenvalue weighted by molar-refractivity contribution is 0.155. The Morgan fingerprint density at radius 2 is 2.24 bits per heavy atom. The number of carbonyl (C=O) groups is 1. The van der Waals surface area contributed by atoms with Gasteiger partial charge in [0.1, 0.15) is 15.6 Å². The van der Waals surface area contributed by atoms with Crippen molar-refractivity contribution in [2.75, 3.05) is 20.3 Å². The highest BCUT2D eigenvalue weighted by Gasteiger charge is 2.42. The van der Waals surface area contributed by atoms with Crippen LogP contribution in [0.1, 0.15) is 5.56 Å². The Hall–Kier alpha value is -0.180. The molecule has 0 unspecified atom stereocenters. The van der Waals surface area contributed by atoms with Gasteiger partial charge in [-0.2, -0.15) is 0 Å². The lowest BCUT2D eigenvalue weighted by atomic mass is 10.0. The van der Waals surface area contributed by atoms with Gasteiger partial charge in [-0.05, 0) is 35.7 Å². The number of rotatable bonds is 0. The van der Waals surface area contributed by atoms with E-state index in [1.54, 1.807) is 4.31 Å². The minimum atomic E-state index is -0.520. The molecule has 2 aliphatic heterocycles. The van der Waals surface area contributed by atoms with E-state index >= 15 is 0 Å². The van der Waals surface area contributed by atoms with Crippen LogP contribution in [0.15, 0.2) is 27.6 Å². The summed E-state index contributed by atoms with van der Waals surface area (Å²) in [6.45, 7) is 0.890. The van der Waals surface area contributed by atoms with Crippen molar-refractivity contribution in [3.05, 3.63) is 33.1 Å². The van der Waals surface area contributed by atoms with Crippen LogP contribution < -0.4 is 4.74 Å². The summed E-state index contributed by atoms with van der Waals surface area (Å²) in [5.41, 5.74) is 2.03. The normalized spacial score (nSPS) is 19.5. The summed E-state index contributed by atoms with van der Waals surface area (Å²) < 4.78 is 12.7. The van der Waals surface area contributed by atoms with E-state index in [0.717, 1.165) is 26.3 Å². The zero-order valence-corrected chi connectivity index (χ0v) is 16.4. The minimum absolute atomic E-state index is 0.360. The van der Waals surface area contributed by atoms with Gasteiger partial charge >= 0.3 is 6.09 Å². The zero-order valence-electron chi connectivity index (χ0n) is 10.9. The molecule has 0 fully saturated rings. The third-order valence-electron chi connectivity index (χ3n) is 3.16. The van der Waals surface area contributed by atoms with Crippen LogP contribution >= 0.6 is 59.7 Å². The van der Waals surface area contributed by atoms with E-state index in [2.05, 4.69) is 47.8 Å². The standard InChI is InChI=1S/C13H10Br3NO3S/c1-19-12(18)17-5-9-8-4-7(14)2-3-10(8)20-6-13(15,16)11(9)21-17/h2-4H,5-6H2,1H3. The number of carbonyl (C=O) groups excluding carboxylic acids is 1. The average Bonchev–Trinajstić information content (AvgIpc) is 2.87. The molecule has 0 saturated heterocycles. The van der Waals surface area contributed by atoms with Gasteiger partial charge < -0.3 is 9.47 Å². The van der Waals surface area contributed by atoms with E-state index in [1.807, 2.05) is 18.2 Å². The third kappa shape index (κ3) is 2.87. The maximum Gasteiger partial charge on any atom is 0.420 e. The van der Waals surface area contributed by atoms with Gasteiger partial charge in [0.2, 0.25) is 0 Å². The lowest BCUT2D eigenvalue weighted by Crippen LogP contribution is -2.25. The van der Waals surface area contributed by atoms with Crippen LogP contribution in [-0.2, 0) is 4.74 Å². The van der Waals surface area contributed by atoms with Gasteiger partial charge in [-0.15, -0.1) is 0 Å². The first-order chi connectivity index (χ1) is 9.92. The molecule has 1 aromatic carbocycles. The number of ether oxygens (including phenoxy) is 2. The Bertz CT molecular complexity index is 648. The summed E-state index contributed by atoms with van der Waals surface area (Å²) in [4.78, 5) is 12.8. The Balaban J connectivity index is 2.09. The lowest BCUT2D eigenvalue weighted by Gasteiger charge is -2.22. The van der Waals surface area contributed by atoms with E-state index in [4.69, 9.17) is 9.47 Å². The first-order valence-electron chi connectivity index (χ1n) is 6.00. The summed E-state index contributed by atoms with van der Waals surface area (Å²) in [5, 5.41) is 0. The molecule has 0 spiro atoms. The molecule has 0 N–H and O–H groups in total. The second-order valence-electron chi connectivity index (χ2n) is 4.54. The first kappa shape index (κ1) is 15.7. The molecule has 1 amide bonds. The predicted octanol–water partition coefficient (Wildman–Crippen LogP) is 4.77. The second kappa shape index (κ2) is 5.79. The molecule has 2 aliphatic rings. The van der Waals surface area contributed by atoms with Crippen molar-refractivity contribution in [2.24, 2.45) is 0 Å². The number of hydrogen-bond donors (Lipinski definition) is 0. The van der Waals surface area contributed by atoms with Crippen molar-refractivity contribution < 1.29 is 14.3 Å². The molecular weight excluding hydrogens is 490 g/mol. The Labute approximate surface area is 151 Å². The number of methoxy groups -OCH3 is 1. The third-order valence-corrected chi connectivity index (χ3v) is 6.71. The summed E-state index contributed by atoms with van der Waals surface area (Å²) in [6, 6.07) is 5.87. The van der Waals surface area contributed by atoms with Gasteiger partial charge in [-0.25, -0.2) is 9.10 Å². The van der Waals surface area contributed by atoms with E-state index in [-0.39, 0.29) is 6.09 Å². The molecule has 112 valence electrons. The molecule has 0 bridgehead atoms. The van der Waals surface area contributed by atoms with Gasteiger partial charge in [0.25, 0.3) is 0 Å². The summed E-state index contributed by atoms with van der Waals surface area (Å²) in [5.74, 6) is 0.804. The number of amides is 1. The van der Waals surface area contributed by atoms with Crippen LogP contribution in [0.3, 0.4) is 0 Å². The molecule has 3 rings (SSSR count). The van der Waals surface area contributed by atoms with Crippen molar-refractivity contribution in [1.29, 1.82) is 0 Å². The fourth-order valence-electron chi connectivity index (χ4n) is 2.21. The number of benzene rings is 1. The molecule has 0 atom stereocenters. The minimum Gasteiger partial charge on any atom is -0.490 e. The molecular formula is C13H10Br3NO3S. The smallest absolute Gasteiger partial charge is 0.420 e. The maximum atomic E-state index is 11.8. The molecule has 0 saturated carbocycles. The molecule has 0 aliphatic carbocycles. The van der Waals surface area contributed by atoms with Crippen molar-refractivity contribution in [2.45, 2.75) is 3.23 Å². The van der Waals surface area contributed by atoms with E-state index in [1.165, 1.54) is 19.1 Å². The van der Waals surface area contributed by atoms with Crippen molar-refractivity contribution >= 4 is 71.4 Å². The predicted molar refractivity (Wildman–Crippen MR) is 93.8 cm³/mol. The van der Waals surface area contributed by atoms with Crippen molar-refractivity contribution in [3.8, 4) is 5.75 Å². The largest absolute Gasteiger partial charge is 0.490 e. The fraction of sp³-hybridized carbons (Fsp3) is 0.308.